The number of nitrogens with two attached hydrogens (primary N) is 1. The highest BCUT2D eigenvalue weighted by Crippen LogP contribution is 2.33. The number of ether oxygens (including phenoxy) is 1. The number of aromatic nitrogens is 2. The number of hydrogen-bond donors (Lipinski definition) is 1. The van der Waals surface area contributed by atoms with Crippen LogP contribution >= 0.6 is 15.9 Å². The van der Waals surface area contributed by atoms with E-state index in [2.05, 4.69) is 25.9 Å². The number of nitrogen functional groups attached to an aromatic ring is 1. The van der Waals surface area contributed by atoms with Gasteiger partial charge in [-0.05, 0) is 41.6 Å². The fourth-order valence-corrected chi connectivity index (χ4v) is 2.49. The maximum absolute atomic E-state index is 5.62. The third-order valence-electron chi connectivity index (χ3n) is 3.20. The molecule has 1 heterocycles. The molecule has 1 saturated carbocycles. The predicted octanol–water partition coefficient (Wildman–Crippen LogP) is 2.49. The predicted molar refractivity (Wildman–Crippen MR) is 66.2 cm³/mol. The average Bonchev–Trinajstić information content (AvgIpc) is 2.33. The summed E-state index contributed by atoms with van der Waals surface area (Å²) >= 11 is 3.31. The summed E-state index contributed by atoms with van der Waals surface area (Å²) in [4.78, 5) is 8.57. The molecule has 2 rings (SSSR count). The first-order valence-electron chi connectivity index (χ1n) is 5.51. The Labute approximate surface area is 104 Å². The van der Waals surface area contributed by atoms with Gasteiger partial charge < -0.3 is 10.5 Å². The van der Waals surface area contributed by atoms with Crippen molar-refractivity contribution in [3.05, 3.63) is 16.5 Å². The fraction of sp³-hybridized carbons (Fsp3) is 0.636. The Kier molecular flexibility index (Phi) is 3.76. The Bertz CT molecular complexity index is 364. The highest BCUT2D eigenvalue weighted by molar-refractivity contribution is 9.10. The van der Waals surface area contributed by atoms with E-state index in [1.54, 1.807) is 13.3 Å². The molecular weight excluding hydrogens is 270 g/mol. The molecule has 0 aliphatic heterocycles. The van der Waals surface area contributed by atoms with Gasteiger partial charge in [0.1, 0.15) is 4.60 Å². The molecule has 0 radical (unpaired) electrons. The van der Waals surface area contributed by atoms with Crippen molar-refractivity contribution in [3.8, 4) is 0 Å². The Balaban J connectivity index is 2.05. The van der Waals surface area contributed by atoms with Crippen molar-refractivity contribution in [2.45, 2.75) is 37.7 Å². The monoisotopic (exact) mass is 285 g/mol. The molecule has 88 valence electrons. The molecule has 2 N–H and O–H groups in total. The van der Waals surface area contributed by atoms with Crippen LogP contribution in [0, 0.1) is 0 Å². The minimum absolute atomic E-state index is 0.418. The maximum atomic E-state index is 5.62. The van der Waals surface area contributed by atoms with Crippen LogP contribution in [0.3, 0.4) is 0 Å². The van der Waals surface area contributed by atoms with Gasteiger partial charge in [-0.25, -0.2) is 9.97 Å². The van der Waals surface area contributed by atoms with E-state index >= 15 is 0 Å². The summed E-state index contributed by atoms with van der Waals surface area (Å²) in [6, 6.07) is 0. The summed E-state index contributed by atoms with van der Waals surface area (Å²) in [5.74, 6) is 0.949. The number of halogens is 1. The van der Waals surface area contributed by atoms with E-state index in [-0.39, 0.29) is 0 Å². The third kappa shape index (κ3) is 2.52. The zero-order valence-electron chi connectivity index (χ0n) is 9.32. The molecule has 0 bridgehead atoms. The Morgan fingerprint density at radius 1 is 1.38 bits per heavy atom. The van der Waals surface area contributed by atoms with Gasteiger partial charge in [0.25, 0.3) is 0 Å². The van der Waals surface area contributed by atoms with E-state index in [1.165, 1.54) is 0 Å². The Morgan fingerprint density at radius 2 is 2.06 bits per heavy atom. The molecule has 0 atom stereocenters. The van der Waals surface area contributed by atoms with Crippen LogP contribution in [0.2, 0.25) is 0 Å². The van der Waals surface area contributed by atoms with Crippen LogP contribution in [0.25, 0.3) is 0 Å². The maximum Gasteiger partial charge on any atom is 0.156 e. The summed E-state index contributed by atoms with van der Waals surface area (Å²) in [7, 11) is 1.78. The molecule has 0 saturated heterocycles. The summed E-state index contributed by atoms with van der Waals surface area (Å²) in [5.41, 5.74) is 6.66. The van der Waals surface area contributed by atoms with Gasteiger partial charge in [0, 0.05) is 13.0 Å². The van der Waals surface area contributed by atoms with Gasteiger partial charge in [-0.2, -0.15) is 0 Å². The SMILES string of the molecule is COC1CCC(c2cnc(N)c(Br)n2)CC1. The quantitative estimate of drug-likeness (QED) is 0.907. The lowest BCUT2D eigenvalue weighted by molar-refractivity contribution is 0.0654. The lowest BCUT2D eigenvalue weighted by atomic mass is 9.85. The normalized spacial score (nSPS) is 25.6. The zero-order valence-corrected chi connectivity index (χ0v) is 10.9. The van der Waals surface area contributed by atoms with Crippen LogP contribution in [-0.2, 0) is 4.74 Å². The number of anilines is 1. The first-order chi connectivity index (χ1) is 7.70. The number of nitrogens with zero attached hydrogens (tertiary/aromatic N) is 2. The van der Waals surface area contributed by atoms with E-state index in [0.717, 1.165) is 31.4 Å². The molecular formula is C11H16BrN3O. The van der Waals surface area contributed by atoms with Crippen molar-refractivity contribution in [1.82, 2.24) is 9.97 Å². The molecule has 1 aliphatic rings. The zero-order chi connectivity index (χ0) is 11.5. The number of methoxy groups -OCH3 is 1. The molecule has 0 aromatic carbocycles. The average molecular weight is 286 g/mol. The first-order valence-corrected chi connectivity index (χ1v) is 6.30. The molecule has 0 spiro atoms. The van der Waals surface area contributed by atoms with Gasteiger partial charge >= 0.3 is 0 Å². The molecule has 0 unspecified atom stereocenters. The lowest BCUT2D eigenvalue weighted by Crippen LogP contribution is -2.20. The molecule has 4 nitrogen and oxygen atoms in total. The highest BCUT2D eigenvalue weighted by atomic mass is 79.9. The summed E-state index contributed by atoms with van der Waals surface area (Å²) in [5, 5.41) is 0. The molecule has 1 aromatic heterocycles. The number of rotatable bonds is 2. The van der Waals surface area contributed by atoms with E-state index in [0.29, 0.717) is 22.4 Å². The van der Waals surface area contributed by atoms with E-state index < -0.39 is 0 Å². The van der Waals surface area contributed by atoms with Crippen molar-refractivity contribution in [3.63, 3.8) is 0 Å². The van der Waals surface area contributed by atoms with Crippen molar-refractivity contribution in [2.75, 3.05) is 12.8 Å². The second-order valence-electron chi connectivity index (χ2n) is 4.18. The highest BCUT2D eigenvalue weighted by Gasteiger charge is 2.23. The molecule has 1 aliphatic carbocycles. The van der Waals surface area contributed by atoms with Crippen LogP contribution in [0.5, 0.6) is 0 Å². The molecule has 1 fully saturated rings. The van der Waals surface area contributed by atoms with Crippen LogP contribution in [0.15, 0.2) is 10.8 Å². The van der Waals surface area contributed by atoms with Crippen LogP contribution in [-0.4, -0.2) is 23.2 Å². The van der Waals surface area contributed by atoms with Crippen molar-refractivity contribution >= 4 is 21.7 Å². The number of hydrogen-bond acceptors (Lipinski definition) is 4. The topological polar surface area (TPSA) is 61.0 Å². The molecule has 16 heavy (non-hydrogen) atoms. The molecule has 1 aromatic rings. The Morgan fingerprint density at radius 3 is 2.62 bits per heavy atom. The second-order valence-corrected chi connectivity index (χ2v) is 4.93. The van der Waals surface area contributed by atoms with Crippen LogP contribution in [0.1, 0.15) is 37.3 Å². The van der Waals surface area contributed by atoms with Crippen molar-refractivity contribution in [2.24, 2.45) is 0 Å². The van der Waals surface area contributed by atoms with Crippen molar-refractivity contribution in [1.29, 1.82) is 0 Å². The Hall–Kier alpha value is -0.680. The standard InChI is InChI=1S/C11H16BrN3O/c1-16-8-4-2-7(3-5-8)9-6-14-11(13)10(12)15-9/h6-8H,2-5H2,1H3,(H2,13,14). The smallest absolute Gasteiger partial charge is 0.156 e. The summed E-state index contributed by atoms with van der Waals surface area (Å²) in [6.07, 6.45) is 6.64. The van der Waals surface area contributed by atoms with Gasteiger partial charge in [-0.15, -0.1) is 0 Å². The third-order valence-corrected chi connectivity index (χ3v) is 3.78. The van der Waals surface area contributed by atoms with Crippen LogP contribution in [0.4, 0.5) is 5.82 Å². The van der Waals surface area contributed by atoms with E-state index in [9.17, 15) is 0 Å². The van der Waals surface area contributed by atoms with Gasteiger partial charge in [-0.3, -0.25) is 0 Å². The van der Waals surface area contributed by atoms with Crippen molar-refractivity contribution < 1.29 is 4.74 Å². The van der Waals surface area contributed by atoms with Gasteiger partial charge in [0.15, 0.2) is 5.82 Å². The summed E-state index contributed by atoms with van der Waals surface area (Å²) < 4.78 is 6.00. The molecule has 0 amide bonds. The van der Waals surface area contributed by atoms with Gasteiger partial charge in [-0.1, -0.05) is 0 Å². The van der Waals surface area contributed by atoms with Gasteiger partial charge in [0.2, 0.25) is 0 Å². The summed E-state index contributed by atoms with van der Waals surface area (Å²) in [6.45, 7) is 0. The first kappa shape index (κ1) is 11.8. The molecule has 5 heteroatoms. The van der Waals surface area contributed by atoms with E-state index in [4.69, 9.17) is 10.5 Å². The second kappa shape index (κ2) is 5.10. The van der Waals surface area contributed by atoms with Crippen LogP contribution < -0.4 is 5.73 Å². The largest absolute Gasteiger partial charge is 0.381 e. The minimum atomic E-state index is 0.418. The van der Waals surface area contributed by atoms with E-state index in [1.807, 2.05) is 0 Å². The lowest BCUT2D eigenvalue weighted by Gasteiger charge is -2.27. The fourth-order valence-electron chi connectivity index (χ4n) is 2.18. The minimum Gasteiger partial charge on any atom is -0.381 e. The van der Waals surface area contributed by atoms with Gasteiger partial charge in [0.05, 0.1) is 18.0 Å².